The van der Waals surface area contributed by atoms with Gasteiger partial charge >= 0.3 is 0 Å². The number of rotatable bonds is 6. The average molecular weight is 433 g/mol. The summed E-state index contributed by atoms with van der Waals surface area (Å²) in [7, 11) is -4.09. The number of nitriles is 1. The van der Waals surface area contributed by atoms with E-state index in [0.717, 1.165) is 10.4 Å². The Bertz CT molecular complexity index is 1180. The van der Waals surface area contributed by atoms with Crippen molar-refractivity contribution in [1.82, 2.24) is 4.31 Å². The van der Waals surface area contributed by atoms with Crippen molar-refractivity contribution in [3.05, 3.63) is 100 Å². The van der Waals surface area contributed by atoms with E-state index >= 15 is 0 Å². The second kappa shape index (κ2) is 8.70. The highest BCUT2D eigenvalue weighted by molar-refractivity contribution is 7.89. The van der Waals surface area contributed by atoms with Gasteiger partial charge in [-0.25, -0.2) is 17.2 Å². The minimum Gasteiger partial charge on any atom is -0.207 e. The van der Waals surface area contributed by atoms with Crippen LogP contribution in [0.5, 0.6) is 0 Å². The summed E-state index contributed by atoms with van der Waals surface area (Å²) >= 11 is 5.84. The largest absolute Gasteiger partial charge is 0.243 e. The molecule has 0 bridgehead atoms. The van der Waals surface area contributed by atoms with Crippen molar-refractivity contribution in [3.63, 3.8) is 0 Å². The topological polar surface area (TPSA) is 61.2 Å². The molecule has 0 radical (unpaired) electrons. The number of hydrogen-bond donors (Lipinski definition) is 0. The van der Waals surface area contributed by atoms with Gasteiger partial charge in [-0.1, -0.05) is 35.9 Å². The maximum atomic E-state index is 14.4. The third-order valence-electron chi connectivity index (χ3n) is 4.28. The molecule has 3 aromatic carbocycles. The molecule has 0 aliphatic carbocycles. The summed E-state index contributed by atoms with van der Waals surface area (Å²) in [6.07, 6.45) is 0. The van der Waals surface area contributed by atoms with E-state index in [1.165, 1.54) is 54.6 Å². The zero-order valence-corrected chi connectivity index (χ0v) is 16.6. The molecular formula is C21H15ClF2N2O2S. The highest BCUT2D eigenvalue weighted by atomic mass is 35.5. The van der Waals surface area contributed by atoms with Crippen molar-refractivity contribution < 1.29 is 17.2 Å². The zero-order valence-electron chi connectivity index (χ0n) is 15.0. The molecule has 0 aliphatic rings. The van der Waals surface area contributed by atoms with Gasteiger partial charge in [0.1, 0.15) is 11.6 Å². The van der Waals surface area contributed by atoms with E-state index in [0.29, 0.717) is 5.02 Å². The molecule has 0 aliphatic heterocycles. The monoisotopic (exact) mass is 432 g/mol. The van der Waals surface area contributed by atoms with Crippen molar-refractivity contribution in [1.29, 1.82) is 5.26 Å². The number of nitrogens with zero attached hydrogens (tertiary/aromatic N) is 2. The number of sulfonamides is 1. The first-order valence-electron chi connectivity index (χ1n) is 8.49. The molecule has 0 unspecified atom stereocenters. The summed E-state index contributed by atoms with van der Waals surface area (Å²) in [5.74, 6) is -1.28. The molecule has 0 heterocycles. The number of benzene rings is 3. The molecule has 0 saturated heterocycles. The lowest BCUT2D eigenvalue weighted by atomic mass is 10.1. The van der Waals surface area contributed by atoms with Crippen molar-refractivity contribution in [3.8, 4) is 6.07 Å². The molecule has 3 rings (SSSR count). The fourth-order valence-electron chi connectivity index (χ4n) is 2.73. The maximum absolute atomic E-state index is 14.4. The smallest absolute Gasteiger partial charge is 0.207 e. The molecule has 0 amide bonds. The first-order valence-corrected chi connectivity index (χ1v) is 10.3. The Morgan fingerprint density at radius 2 is 1.52 bits per heavy atom. The van der Waals surface area contributed by atoms with Gasteiger partial charge in [-0.15, -0.1) is 0 Å². The van der Waals surface area contributed by atoms with E-state index in [4.69, 9.17) is 16.9 Å². The van der Waals surface area contributed by atoms with Crippen LogP contribution in [0.4, 0.5) is 8.78 Å². The van der Waals surface area contributed by atoms with Gasteiger partial charge in [-0.05, 0) is 42.5 Å². The molecule has 0 N–H and O–H groups in total. The summed E-state index contributed by atoms with van der Waals surface area (Å²) < 4.78 is 55.9. The Kier molecular flexibility index (Phi) is 6.28. The lowest BCUT2D eigenvalue weighted by molar-refractivity contribution is 0.387. The Morgan fingerprint density at radius 1 is 0.897 bits per heavy atom. The van der Waals surface area contributed by atoms with Crippen molar-refractivity contribution >= 4 is 21.6 Å². The summed E-state index contributed by atoms with van der Waals surface area (Å²) in [5.41, 5.74) is 0.337. The SMILES string of the molecule is N#Cc1ccc(CN(Cc2ccccc2F)S(=O)(=O)c2ccc(Cl)cc2)c(F)c1. The molecule has 0 aromatic heterocycles. The quantitative estimate of drug-likeness (QED) is 0.557. The van der Waals surface area contributed by atoms with Crippen LogP contribution in [0, 0.1) is 23.0 Å². The Labute approximate surface area is 172 Å². The fraction of sp³-hybridized carbons (Fsp3) is 0.0952. The molecule has 0 atom stereocenters. The highest BCUT2D eigenvalue weighted by Crippen LogP contribution is 2.24. The molecule has 0 fully saturated rings. The Hall–Kier alpha value is -2.79. The van der Waals surface area contributed by atoms with E-state index in [1.54, 1.807) is 6.07 Å². The summed E-state index contributed by atoms with van der Waals surface area (Å²) in [5, 5.41) is 9.25. The van der Waals surface area contributed by atoms with Crippen LogP contribution in [0.3, 0.4) is 0 Å². The minimum atomic E-state index is -4.09. The second-order valence-corrected chi connectivity index (χ2v) is 8.61. The molecular weight excluding hydrogens is 418 g/mol. The van der Waals surface area contributed by atoms with Gasteiger partial charge in [0.15, 0.2) is 0 Å². The van der Waals surface area contributed by atoms with Gasteiger partial charge in [0.05, 0.1) is 16.5 Å². The average Bonchev–Trinajstić information content (AvgIpc) is 2.70. The van der Waals surface area contributed by atoms with Gasteiger partial charge in [0.2, 0.25) is 10.0 Å². The van der Waals surface area contributed by atoms with Crippen LogP contribution in [0.1, 0.15) is 16.7 Å². The van der Waals surface area contributed by atoms with Crippen LogP contribution in [-0.4, -0.2) is 12.7 Å². The molecule has 148 valence electrons. The maximum Gasteiger partial charge on any atom is 0.243 e. The third-order valence-corrected chi connectivity index (χ3v) is 6.34. The van der Waals surface area contributed by atoms with Crippen molar-refractivity contribution in [2.24, 2.45) is 0 Å². The van der Waals surface area contributed by atoms with Crippen LogP contribution in [-0.2, 0) is 23.1 Å². The normalized spacial score (nSPS) is 11.4. The lowest BCUT2D eigenvalue weighted by Gasteiger charge is -2.23. The molecule has 3 aromatic rings. The first kappa shape index (κ1) is 20.9. The van der Waals surface area contributed by atoms with Gasteiger partial charge in [-0.3, -0.25) is 0 Å². The predicted octanol–water partition coefficient (Wildman–Crippen LogP) is 4.88. The summed E-state index contributed by atoms with van der Waals surface area (Å²) in [6.45, 7) is -0.631. The van der Waals surface area contributed by atoms with E-state index < -0.39 is 21.7 Å². The lowest BCUT2D eigenvalue weighted by Crippen LogP contribution is -2.31. The third kappa shape index (κ3) is 4.80. The molecule has 4 nitrogen and oxygen atoms in total. The Balaban J connectivity index is 2.03. The van der Waals surface area contributed by atoms with Gasteiger partial charge in [-0.2, -0.15) is 9.57 Å². The molecule has 29 heavy (non-hydrogen) atoms. The second-order valence-electron chi connectivity index (χ2n) is 6.24. The van der Waals surface area contributed by atoms with Gasteiger partial charge < -0.3 is 0 Å². The van der Waals surface area contributed by atoms with Crippen LogP contribution in [0.25, 0.3) is 0 Å². The summed E-state index contributed by atoms with van der Waals surface area (Å²) in [4.78, 5) is -0.0488. The van der Waals surface area contributed by atoms with Gasteiger partial charge in [0.25, 0.3) is 0 Å². The molecule has 8 heteroatoms. The van der Waals surface area contributed by atoms with Gasteiger partial charge in [0, 0.05) is 29.2 Å². The molecule has 0 spiro atoms. The Morgan fingerprint density at radius 3 is 2.10 bits per heavy atom. The van der Waals surface area contributed by atoms with E-state index in [9.17, 15) is 17.2 Å². The molecule has 0 saturated carbocycles. The van der Waals surface area contributed by atoms with Crippen LogP contribution in [0.15, 0.2) is 71.6 Å². The highest BCUT2D eigenvalue weighted by Gasteiger charge is 2.27. The number of halogens is 3. The fourth-order valence-corrected chi connectivity index (χ4v) is 4.26. The van der Waals surface area contributed by atoms with E-state index in [1.807, 2.05) is 6.07 Å². The van der Waals surface area contributed by atoms with Crippen LogP contribution < -0.4 is 0 Å². The van der Waals surface area contributed by atoms with Crippen LogP contribution >= 0.6 is 11.6 Å². The number of hydrogen-bond acceptors (Lipinski definition) is 3. The van der Waals surface area contributed by atoms with Crippen LogP contribution in [0.2, 0.25) is 5.02 Å². The minimum absolute atomic E-state index is 0.0488. The van der Waals surface area contributed by atoms with E-state index in [-0.39, 0.29) is 34.7 Å². The van der Waals surface area contributed by atoms with Crippen molar-refractivity contribution in [2.45, 2.75) is 18.0 Å². The zero-order chi connectivity index (χ0) is 21.0. The predicted molar refractivity (Wildman–Crippen MR) is 105 cm³/mol. The van der Waals surface area contributed by atoms with Crippen molar-refractivity contribution in [2.75, 3.05) is 0 Å². The first-order chi connectivity index (χ1) is 13.8. The van der Waals surface area contributed by atoms with E-state index in [2.05, 4.69) is 0 Å². The standard InChI is InChI=1S/C21H15ClF2N2O2S/c22-18-7-9-19(10-8-18)29(27,28)26(13-16-3-1-2-4-20(16)23)14-17-6-5-15(12-25)11-21(17)24/h1-11H,13-14H2. The summed E-state index contributed by atoms with van der Waals surface area (Å²) in [6, 6.07) is 16.9.